The molecule has 0 saturated heterocycles. The van der Waals surface area contributed by atoms with Crippen molar-refractivity contribution in [3.05, 3.63) is 46.5 Å². The summed E-state index contributed by atoms with van der Waals surface area (Å²) >= 11 is 0. The number of aromatic nitrogens is 2. The molecule has 0 radical (unpaired) electrons. The van der Waals surface area contributed by atoms with Crippen LogP contribution in [0.2, 0.25) is 0 Å². The highest BCUT2D eigenvalue weighted by atomic mass is 16.1. The van der Waals surface area contributed by atoms with Gasteiger partial charge in [0.25, 0.3) is 5.56 Å². The fourth-order valence-electron chi connectivity index (χ4n) is 1.29. The minimum Gasteiger partial charge on any atom is -0.269 e. The molecule has 2 rings (SSSR count). The van der Waals surface area contributed by atoms with E-state index in [-0.39, 0.29) is 5.56 Å². The van der Waals surface area contributed by atoms with Gasteiger partial charge in [0, 0.05) is 18.5 Å². The van der Waals surface area contributed by atoms with E-state index in [9.17, 15) is 4.79 Å². The summed E-state index contributed by atoms with van der Waals surface area (Å²) in [6, 6.07) is 5.33. The highest BCUT2D eigenvalue weighted by molar-refractivity contribution is 5.40. The molecule has 0 spiro atoms. The molecule has 0 aliphatic carbocycles. The van der Waals surface area contributed by atoms with Crippen molar-refractivity contribution in [2.45, 2.75) is 13.3 Å². The zero-order chi connectivity index (χ0) is 9.26. The number of nitrogens with zero attached hydrogens (tertiary/aromatic N) is 2. The summed E-state index contributed by atoms with van der Waals surface area (Å²) in [5, 5.41) is 0. The van der Waals surface area contributed by atoms with Crippen LogP contribution in [0.15, 0.2) is 35.4 Å². The largest absolute Gasteiger partial charge is 0.269 e. The van der Waals surface area contributed by atoms with E-state index in [0.717, 1.165) is 6.42 Å². The van der Waals surface area contributed by atoms with E-state index in [1.54, 1.807) is 10.6 Å². The maximum Gasteiger partial charge on any atom is 0.257 e. The van der Waals surface area contributed by atoms with Crippen LogP contribution in [0.4, 0.5) is 0 Å². The lowest BCUT2D eigenvalue weighted by atomic mass is 10.2. The van der Waals surface area contributed by atoms with Gasteiger partial charge in [0.1, 0.15) is 5.65 Å². The second-order valence-corrected chi connectivity index (χ2v) is 2.90. The monoisotopic (exact) mass is 174 g/mol. The molecule has 0 aromatic carbocycles. The van der Waals surface area contributed by atoms with Gasteiger partial charge in [-0.05, 0) is 24.1 Å². The van der Waals surface area contributed by atoms with Crippen LogP contribution >= 0.6 is 0 Å². The molecule has 0 bridgehead atoms. The maximum atomic E-state index is 11.3. The molecule has 3 nitrogen and oxygen atoms in total. The highest BCUT2D eigenvalue weighted by Gasteiger charge is 1.96. The Kier molecular flexibility index (Phi) is 1.85. The Hall–Kier alpha value is -1.64. The van der Waals surface area contributed by atoms with E-state index in [0.29, 0.717) is 5.65 Å². The van der Waals surface area contributed by atoms with Gasteiger partial charge in [-0.15, -0.1) is 0 Å². The quantitative estimate of drug-likeness (QED) is 0.652. The van der Waals surface area contributed by atoms with Crippen LogP contribution in [0.5, 0.6) is 0 Å². The summed E-state index contributed by atoms with van der Waals surface area (Å²) in [6.45, 7) is 2.08. The minimum atomic E-state index is -0.0346. The number of hydrogen-bond acceptors (Lipinski definition) is 2. The Morgan fingerprint density at radius 2 is 2.31 bits per heavy atom. The molecule has 66 valence electrons. The molecule has 2 aromatic rings. The predicted molar refractivity (Wildman–Crippen MR) is 50.8 cm³/mol. The first-order chi connectivity index (χ1) is 6.31. The van der Waals surface area contributed by atoms with Crippen molar-refractivity contribution in [2.75, 3.05) is 0 Å². The van der Waals surface area contributed by atoms with Crippen LogP contribution in [0.3, 0.4) is 0 Å². The summed E-state index contributed by atoms with van der Waals surface area (Å²) in [7, 11) is 0. The molecule has 0 saturated carbocycles. The Labute approximate surface area is 75.7 Å². The number of fused-ring (bicyclic) bond motifs is 1. The first-order valence-electron chi connectivity index (χ1n) is 4.27. The van der Waals surface area contributed by atoms with Gasteiger partial charge in [0.15, 0.2) is 0 Å². The van der Waals surface area contributed by atoms with Crippen molar-refractivity contribution in [2.24, 2.45) is 0 Å². The second kappa shape index (κ2) is 3.01. The van der Waals surface area contributed by atoms with Gasteiger partial charge in [0.2, 0.25) is 0 Å². The van der Waals surface area contributed by atoms with Gasteiger partial charge in [-0.2, -0.15) is 0 Å². The normalized spacial score (nSPS) is 10.5. The third-order valence-corrected chi connectivity index (χ3v) is 2.07. The molecule has 0 fully saturated rings. The van der Waals surface area contributed by atoms with Gasteiger partial charge in [-0.25, -0.2) is 4.98 Å². The summed E-state index contributed by atoms with van der Waals surface area (Å²) < 4.78 is 1.54. The molecule has 0 aliphatic rings. The molecule has 0 amide bonds. The van der Waals surface area contributed by atoms with Crippen LogP contribution in [-0.2, 0) is 6.42 Å². The van der Waals surface area contributed by atoms with Crippen LogP contribution in [0, 0.1) is 0 Å². The first kappa shape index (κ1) is 7.98. The van der Waals surface area contributed by atoms with Gasteiger partial charge < -0.3 is 0 Å². The molecule has 0 atom stereocenters. The zero-order valence-electron chi connectivity index (χ0n) is 7.40. The van der Waals surface area contributed by atoms with E-state index in [2.05, 4.69) is 11.9 Å². The molecular formula is C10H10N2O. The van der Waals surface area contributed by atoms with Crippen molar-refractivity contribution < 1.29 is 0 Å². The Morgan fingerprint density at radius 3 is 3.08 bits per heavy atom. The fraction of sp³-hybridized carbons (Fsp3) is 0.200. The van der Waals surface area contributed by atoms with Gasteiger partial charge in [-0.1, -0.05) is 6.92 Å². The lowest BCUT2D eigenvalue weighted by Crippen LogP contribution is -2.12. The fourth-order valence-corrected chi connectivity index (χ4v) is 1.29. The van der Waals surface area contributed by atoms with E-state index in [1.807, 2.05) is 12.1 Å². The number of aryl methyl sites for hydroxylation is 1. The average molecular weight is 174 g/mol. The summed E-state index contributed by atoms with van der Waals surface area (Å²) in [5.74, 6) is 0. The SMILES string of the molecule is CCc1ccn2c(=O)ccnc2c1. The maximum absolute atomic E-state index is 11.3. The standard InChI is InChI=1S/C10H10N2O/c1-2-8-4-6-12-9(7-8)11-5-3-10(12)13/h3-7H,2H2,1H3. The molecule has 0 N–H and O–H groups in total. The Morgan fingerprint density at radius 1 is 1.46 bits per heavy atom. The first-order valence-corrected chi connectivity index (χ1v) is 4.27. The zero-order valence-corrected chi connectivity index (χ0v) is 7.40. The number of pyridine rings is 1. The van der Waals surface area contributed by atoms with Gasteiger partial charge in [0.05, 0.1) is 0 Å². The van der Waals surface area contributed by atoms with Crippen molar-refractivity contribution in [1.29, 1.82) is 0 Å². The predicted octanol–water partition coefficient (Wildman–Crippen LogP) is 1.26. The van der Waals surface area contributed by atoms with Crippen LogP contribution in [-0.4, -0.2) is 9.38 Å². The van der Waals surface area contributed by atoms with Gasteiger partial charge >= 0.3 is 0 Å². The van der Waals surface area contributed by atoms with E-state index in [4.69, 9.17) is 0 Å². The van der Waals surface area contributed by atoms with E-state index in [1.165, 1.54) is 17.8 Å². The molecule has 13 heavy (non-hydrogen) atoms. The third-order valence-electron chi connectivity index (χ3n) is 2.07. The molecule has 2 heterocycles. The molecular weight excluding hydrogens is 164 g/mol. The Bertz CT molecular complexity index is 487. The lowest BCUT2D eigenvalue weighted by Gasteiger charge is -2.00. The Balaban J connectivity index is 2.80. The average Bonchev–Trinajstić information content (AvgIpc) is 2.18. The van der Waals surface area contributed by atoms with E-state index >= 15 is 0 Å². The summed E-state index contributed by atoms with van der Waals surface area (Å²) in [5.41, 5.74) is 1.87. The topological polar surface area (TPSA) is 34.4 Å². The van der Waals surface area contributed by atoms with Crippen LogP contribution < -0.4 is 5.56 Å². The molecule has 3 heteroatoms. The lowest BCUT2D eigenvalue weighted by molar-refractivity contribution is 1.02. The summed E-state index contributed by atoms with van der Waals surface area (Å²) in [6.07, 6.45) is 4.27. The van der Waals surface area contributed by atoms with E-state index < -0.39 is 0 Å². The second-order valence-electron chi connectivity index (χ2n) is 2.90. The molecule has 0 aliphatic heterocycles. The van der Waals surface area contributed by atoms with Crippen molar-refractivity contribution in [3.8, 4) is 0 Å². The van der Waals surface area contributed by atoms with Crippen molar-refractivity contribution in [1.82, 2.24) is 9.38 Å². The smallest absolute Gasteiger partial charge is 0.257 e. The molecule has 2 aromatic heterocycles. The molecule has 0 unspecified atom stereocenters. The van der Waals surface area contributed by atoms with Gasteiger partial charge in [-0.3, -0.25) is 9.20 Å². The summed E-state index contributed by atoms with van der Waals surface area (Å²) in [4.78, 5) is 15.4. The van der Waals surface area contributed by atoms with Crippen LogP contribution in [0.25, 0.3) is 5.65 Å². The number of rotatable bonds is 1. The van der Waals surface area contributed by atoms with Crippen molar-refractivity contribution in [3.63, 3.8) is 0 Å². The highest BCUT2D eigenvalue weighted by Crippen LogP contribution is 2.02. The van der Waals surface area contributed by atoms with Crippen molar-refractivity contribution >= 4 is 5.65 Å². The number of hydrogen-bond donors (Lipinski definition) is 0. The minimum absolute atomic E-state index is 0.0346. The third kappa shape index (κ3) is 1.33. The van der Waals surface area contributed by atoms with Crippen LogP contribution in [0.1, 0.15) is 12.5 Å².